The first-order chi connectivity index (χ1) is 13.9. The lowest BCUT2D eigenvalue weighted by Gasteiger charge is -2.29. The zero-order valence-corrected chi connectivity index (χ0v) is 16.9. The summed E-state index contributed by atoms with van der Waals surface area (Å²) in [5.41, 5.74) is 0.579. The van der Waals surface area contributed by atoms with Crippen LogP contribution in [0.2, 0.25) is 0 Å². The lowest BCUT2D eigenvalue weighted by molar-refractivity contribution is -0.386. The first-order valence-corrected chi connectivity index (χ1v) is 9.43. The van der Waals surface area contributed by atoms with Crippen molar-refractivity contribution in [2.45, 2.75) is 40.2 Å². The van der Waals surface area contributed by atoms with Gasteiger partial charge in [-0.25, -0.2) is 9.59 Å². The molecular formula is C19H25N3O7. The Hall–Kier alpha value is -3.30. The largest absolute Gasteiger partial charge is 0.490 e. The first-order valence-electron chi connectivity index (χ1n) is 9.43. The van der Waals surface area contributed by atoms with Crippen molar-refractivity contribution in [3.8, 4) is 11.5 Å². The minimum atomic E-state index is -0.939. The van der Waals surface area contributed by atoms with Gasteiger partial charge in [0, 0.05) is 11.8 Å². The summed E-state index contributed by atoms with van der Waals surface area (Å²) in [5.74, 6) is -0.454. The topological polar surface area (TPSA) is 129 Å². The molecule has 29 heavy (non-hydrogen) atoms. The van der Waals surface area contributed by atoms with Crippen LogP contribution in [0.25, 0.3) is 0 Å². The number of amides is 2. The monoisotopic (exact) mass is 407 g/mol. The Morgan fingerprint density at radius 3 is 2.38 bits per heavy atom. The molecule has 10 nitrogen and oxygen atoms in total. The molecule has 0 saturated carbocycles. The molecule has 1 aliphatic heterocycles. The summed E-state index contributed by atoms with van der Waals surface area (Å²) in [6.45, 7) is 7.49. The number of nitro groups is 1. The Balaban J connectivity index is 2.70. The van der Waals surface area contributed by atoms with E-state index in [4.69, 9.17) is 14.2 Å². The summed E-state index contributed by atoms with van der Waals surface area (Å²) in [5, 5.41) is 16.9. The van der Waals surface area contributed by atoms with Crippen LogP contribution < -0.4 is 20.1 Å². The van der Waals surface area contributed by atoms with E-state index >= 15 is 0 Å². The SMILES string of the molecule is CCOC(=O)C1=C(CC)NC(=O)NC1c1cc(OCC)c(OCC)c([N+](=O)[O-])c1. The number of nitrogens with zero attached hydrogens (tertiary/aromatic N) is 1. The Morgan fingerprint density at radius 2 is 1.83 bits per heavy atom. The van der Waals surface area contributed by atoms with Crippen molar-refractivity contribution in [2.75, 3.05) is 19.8 Å². The summed E-state index contributed by atoms with van der Waals surface area (Å²) >= 11 is 0. The Morgan fingerprint density at radius 1 is 1.14 bits per heavy atom. The molecule has 1 aliphatic rings. The average molecular weight is 407 g/mol. The normalized spacial score (nSPS) is 16.0. The zero-order valence-electron chi connectivity index (χ0n) is 16.9. The number of urea groups is 1. The van der Waals surface area contributed by atoms with Crippen LogP contribution in [0.4, 0.5) is 10.5 Å². The highest BCUT2D eigenvalue weighted by Crippen LogP contribution is 2.42. The number of carbonyl (C=O) groups is 2. The highest BCUT2D eigenvalue weighted by atomic mass is 16.6. The van der Waals surface area contributed by atoms with Gasteiger partial charge in [0.05, 0.1) is 36.4 Å². The van der Waals surface area contributed by atoms with Crippen LogP contribution in [0.1, 0.15) is 45.7 Å². The molecule has 0 bridgehead atoms. The molecule has 0 radical (unpaired) electrons. The third-order valence-electron chi connectivity index (χ3n) is 4.18. The molecule has 1 unspecified atom stereocenters. The molecule has 158 valence electrons. The maximum Gasteiger partial charge on any atom is 0.338 e. The number of nitrogens with one attached hydrogen (secondary N) is 2. The third kappa shape index (κ3) is 4.76. The second kappa shape index (κ2) is 9.76. The predicted octanol–water partition coefficient (Wildman–Crippen LogP) is 2.97. The average Bonchev–Trinajstić information content (AvgIpc) is 2.68. The van der Waals surface area contributed by atoms with Crippen molar-refractivity contribution >= 4 is 17.7 Å². The standard InChI is InChI=1S/C19H25N3O7/c1-5-12-15(18(23)29-8-4)16(21-19(24)20-12)11-9-13(22(25)26)17(28-7-3)14(10-11)27-6-2/h9-10,16H,5-8H2,1-4H3,(H2,20,21,24). The summed E-state index contributed by atoms with van der Waals surface area (Å²) < 4.78 is 16.1. The fourth-order valence-corrected chi connectivity index (χ4v) is 3.06. The fraction of sp³-hybridized carbons (Fsp3) is 0.474. The van der Waals surface area contributed by atoms with E-state index in [2.05, 4.69) is 10.6 Å². The molecule has 1 aromatic rings. The number of rotatable bonds is 9. The Bertz CT molecular complexity index is 835. The van der Waals surface area contributed by atoms with Gasteiger partial charge in [0.25, 0.3) is 0 Å². The van der Waals surface area contributed by atoms with E-state index in [1.807, 2.05) is 0 Å². The maximum atomic E-state index is 12.6. The Kier molecular flexibility index (Phi) is 7.40. The van der Waals surface area contributed by atoms with Crippen LogP contribution in [0.15, 0.2) is 23.4 Å². The molecule has 1 heterocycles. The predicted molar refractivity (Wildman–Crippen MR) is 104 cm³/mol. The van der Waals surface area contributed by atoms with Gasteiger partial charge < -0.3 is 24.8 Å². The highest BCUT2D eigenvalue weighted by Gasteiger charge is 2.35. The van der Waals surface area contributed by atoms with Gasteiger partial charge in [-0.3, -0.25) is 10.1 Å². The van der Waals surface area contributed by atoms with Crippen LogP contribution in [0.5, 0.6) is 11.5 Å². The van der Waals surface area contributed by atoms with E-state index in [0.29, 0.717) is 17.7 Å². The number of hydrogen-bond donors (Lipinski definition) is 2. The maximum absolute atomic E-state index is 12.6. The molecule has 1 aromatic carbocycles. The number of esters is 1. The molecule has 2 N–H and O–H groups in total. The minimum Gasteiger partial charge on any atom is -0.490 e. The lowest BCUT2D eigenvalue weighted by atomic mass is 9.93. The molecule has 0 saturated heterocycles. The summed E-state index contributed by atoms with van der Waals surface area (Å²) in [6, 6.07) is 1.35. The summed E-state index contributed by atoms with van der Waals surface area (Å²) in [6.07, 6.45) is 0.371. The van der Waals surface area contributed by atoms with Crippen LogP contribution in [0.3, 0.4) is 0 Å². The molecule has 0 aromatic heterocycles. The summed E-state index contributed by atoms with van der Waals surface area (Å²) in [7, 11) is 0. The van der Waals surface area contributed by atoms with E-state index in [-0.39, 0.29) is 42.6 Å². The van der Waals surface area contributed by atoms with Gasteiger partial charge >= 0.3 is 17.7 Å². The van der Waals surface area contributed by atoms with Crippen molar-refractivity contribution < 1.29 is 28.7 Å². The number of benzene rings is 1. The number of allylic oxidation sites excluding steroid dienone is 1. The van der Waals surface area contributed by atoms with Gasteiger partial charge in [0.1, 0.15) is 0 Å². The highest BCUT2D eigenvalue weighted by molar-refractivity contribution is 5.95. The fourth-order valence-electron chi connectivity index (χ4n) is 3.06. The molecule has 2 rings (SSSR count). The van der Waals surface area contributed by atoms with Crippen molar-refractivity contribution in [2.24, 2.45) is 0 Å². The molecule has 0 aliphatic carbocycles. The van der Waals surface area contributed by atoms with Crippen molar-refractivity contribution in [3.63, 3.8) is 0 Å². The van der Waals surface area contributed by atoms with Crippen molar-refractivity contribution in [1.29, 1.82) is 0 Å². The Labute approximate surface area is 168 Å². The molecule has 10 heteroatoms. The van der Waals surface area contributed by atoms with E-state index in [1.54, 1.807) is 27.7 Å². The van der Waals surface area contributed by atoms with Crippen molar-refractivity contribution in [3.05, 3.63) is 39.1 Å². The lowest BCUT2D eigenvalue weighted by Crippen LogP contribution is -2.45. The van der Waals surface area contributed by atoms with Gasteiger partial charge in [0.2, 0.25) is 5.75 Å². The molecule has 0 spiro atoms. The van der Waals surface area contributed by atoms with E-state index in [0.717, 1.165) is 0 Å². The number of hydrogen-bond acceptors (Lipinski definition) is 7. The first kappa shape index (κ1) is 22.0. The summed E-state index contributed by atoms with van der Waals surface area (Å²) in [4.78, 5) is 35.8. The minimum absolute atomic E-state index is 0.000685. The second-order valence-corrected chi connectivity index (χ2v) is 5.99. The molecular weight excluding hydrogens is 382 g/mol. The third-order valence-corrected chi connectivity index (χ3v) is 4.18. The molecule has 1 atom stereocenters. The zero-order chi connectivity index (χ0) is 21.6. The van der Waals surface area contributed by atoms with Crippen molar-refractivity contribution in [1.82, 2.24) is 10.6 Å². The van der Waals surface area contributed by atoms with Crippen LogP contribution >= 0.6 is 0 Å². The number of carbonyl (C=O) groups excluding carboxylic acids is 2. The van der Waals surface area contributed by atoms with Crippen LogP contribution in [-0.4, -0.2) is 36.7 Å². The smallest absolute Gasteiger partial charge is 0.338 e. The number of ether oxygens (including phenoxy) is 3. The van der Waals surface area contributed by atoms with Gasteiger partial charge in [-0.15, -0.1) is 0 Å². The quantitative estimate of drug-likeness (QED) is 0.366. The number of nitro benzene ring substituents is 1. The van der Waals surface area contributed by atoms with E-state index in [1.165, 1.54) is 12.1 Å². The van der Waals surface area contributed by atoms with Gasteiger partial charge in [0.15, 0.2) is 5.75 Å². The van der Waals surface area contributed by atoms with Crippen LogP contribution in [0, 0.1) is 10.1 Å². The second-order valence-electron chi connectivity index (χ2n) is 5.99. The van der Waals surface area contributed by atoms with Crippen LogP contribution in [-0.2, 0) is 9.53 Å². The van der Waals surface area contributed by atoms with Gasteiger partial charge in [-0.2, -0.15) is 0 Å². The van der Waals surface area contributed by atoms with E-state index < -0.39 is 23.0 Å². The van der Waals surface area contributed by atoms with E-state index in [9.17, 15) is 19.7 Å². The molecule has 2 amide bonds. The van der Waals surface area contributed by atoms with Gasteiger partial charge in [-0.05, 0) is 38.8 Å². The molecule has 0 fully saturated rings. The van der Waals surface area contributed by atoms with Gasteiger partial charge in [-0.1, -0.05) is 6.92 Å².